The molecular weight excluding hydrogens is 440 g/mol. The van der Waals surface area contributed by atoms with Gasteiger partial charge in [0.2, 0.25) is 0 Å². The molecule has 0 saturated heterocycles. The Morgan fingerprint density at radius 3 is 1.63 bits per heavy atom. The Kier molecular flexibility index (Phi) is 7.55. The van der Waals surface area contributed by atoms with Gasteiger partial charge in [-0.1, -0.05) is 6.92 Å². The van der Waals surface area contributed by atoms with Gasteiger partial charge in [-0.25, -0.2) is 4.39 Å². The Morgan fingerprint density at radius 1 is 1.00 bits per heavy atom. The molecule has 0 aliphatic carbocycles. The molecule has 0 aromatic heterocycles. The summed E-state index contributed by atoms with van der Waals surface area (Å²) in [7, 11) is 0. The molecule has 118 valence electrons. The Hall–Kier alpha value is 0.0968. The van der Waals surface area contributed by atoms with E-state index in [2.05, 4.69) is 0 Å². The summed E-state index contributed by atoms with van der Waals surface area (Å²) in [6.45, 7) is 0.587. The van der Waals surface area contributed by atoms with Gasteiger partial charge in [0.25, 0.3) is 11.6 Å². The summed E-state index contributed by atoms with van der Waals surface area (Å²) in [6, 6.07) is 0. The van der Waals surface area contributed by atoms with E-state index in [4.69, 9.17) is 0 Å². The van der Waals surface area contributed by atoms with Gasteiger partial charge in [-0.05, 0) is 6.42 Å². The third-order valence-corrected chi connectivity index (χ3v) is 2.06. The van der Waals surface area contributed by atoms with Gasteiger partial charge in [0.15, 0.2) is 6.17 Å². The SMILES string of the molecule is CCC(F)C(F)(F)C(F)(F)C(=O)C(=O)C(C)(F)F.[Er]. The molecule has 0 bridgehead atoms. The quantitative estimate of drug-likeness (QED) is 0.462. The van der Waals surface area contributed by atoms with Crippen LogP contribution in [0.5, 0.6) is 0 Å². The molecule has 0 rings (SSSR count). The standard InChI is InChI=1S/C9H9F7O2.Er/c1-3-4(10)8(13,14)9(15,16)6(18)5(17)7(2,11)12;/h4H,3H2,1-2H3;. The molecule has 0 N–H and O–H groups in total. The number of ketones is 2. The van der Waals surface area contributed by atoms with E-state index in [9.17, 15) is 40.3 Å². The normalized spacial score (nSPS) is 14.6. The number of carbonyl (C=O) groups excluding carboxylic acids is 2. The molecule has 10 heteroatoms. The second-order valence-corrected chi connectivity index (χ2v) is 3.62. The molecule has 0 aliphatic heterocycles. The van der Waals surface area contributed by atoms with Crippen LogP contribution in [0.15, 0.2) is 0 Å². The van der Waals surface area contributed by atoms with Gasteiger partial charge in [-0.3, -0.25) is 9.59 Å². The molecule has 0 heterocycles. The number of rotatable bonds is 6. The van der Waals surface area contributed by atoms with Crippen LogP contribution in [-0.2, 0) is 9.59 Å². The molecule has 0 aromatic carbocycles. The number of halogens is 7. The molecule has 0 saturated carbocycles. The second kappa shape index (κ2) is 6.70. The Labute approximate surface area is 133 Å². The van der Waals surface area contributed by atoms with Crippen molar-refractivity contribution in [3.63, 3.8) is 0 Å². The molecule has 0 fully saturated rings. The zero-order chi connectivity index (χ0) is 14.9. The summed E-state index contributed by atoms with van der Waals surface area (Å²) < 4.78 is 88.8. The van der Waals surface area contributed by atoms with Crippen molar-refractivity contribution in [1.82, 2.24) is 0 Å². The van der Waals surface area contributed by atoms with Crippen LogP contribution in [0.2, 0.25) is 0 Å². The van der Waals surface area contributed by atoms with Crippen LogP contribution < -0.4 is 0 Å². The fourth-order valence-corrected chi connectivity index (χ4v) is 0.946. The molecule has 19 heavy (non-hydrogen) atoms. The van der Waals surface area contributed by atoms with E-state index in [0.717, 1.165) is 6.92 Å². The number of hydrogen-bond acceptors (Lipinski definition) is 2. The van der Waals surface area contributed by atoms with E-state index in [1.165, 1.54) is 0 Å². The zero-order valence-corrected chi connectivity index (χ0v) is 11.4. The van der Waals surface area contributed by atoms with Crippen molar-refractivity contribution >= 4 is 11.6 Å². The average molecular weight is 449 g/mol. The van der Waals surface area contributed by atoms with Crippen molar-refractivity contribution < 1.29 is 77.6 Å². The largest absolute Gasteiger partial charge is 0.377 e. The molecular formula is C9H9ErF7O2. The summed E-state index contributed by atoms with van der Waals surface area (Å²) in [5.74, 6) is -22.2. The summed E-state index contributed by atoms with van der Waals surface area (Å²) in [5.41, 5.74) is 0. The first kappa shape index (κ1) is 21.4. The minimum absolute atomic E-state index is 0. The molecule has 0 aromatic rings. The average Bonchev–Trinajstić information content (AvgIpc) is 2.23. The first-order valence-corrected chi connectivity index (χ1v) is 4.66. The monoisotopic (exact) mass is 448 g/mol. The molecule has 0 aliphatic rings. The smallest absolute Gasteiger partial charge is 0.284 e. The fraction of sp³-hybridized carbons (Fsp3) is 0.778. The Balaban J connectivity index is 0. The number of carbonyl (C=O) groups is 2. The van der Waals surface area contributed by atoms with E-state index in [1.54, 1.807) is 0 Å². The number of hydrogen-bond donors (Lipinski definition) is 0. The third kappa shape index (κ3) is 4.28. The van der Waals surface area contributed by atoms with E-state index in [0.29, 0.717) is 0 Å². The van der Waals surface area contributed by atoms with Gasteiger partial charge >= 0.3 is 17.8 Å². The fourth-order valence-electron chi connectivity index (χ4n) is 0.946. The van der Waals surface area contributed by atoms with Crippen molar-refractivity contribution in [2.45, 2.75) is 44.2 Å². The van der Waals surface area contributed by atoms with E-state index < -0.39 is 41.9 Å². The van der Waals surface area contributed by atoms with Crippen LogP contribution in [0.3, 0.4) is 0 Å². The molecule has 1 unspecified atom stereocenters. The topological polar surface area (TPSA) is 34.1 Å². The van der Waals surface area contributed by atoms with Gasteiger partial charge in [0.1, 0.15) is 0 Å². The van der Waals surface area contributed by atoms with Gasteiger partial charge in [-0.15, -0.1) is 0 Å². The van der Waals surface area contributed by atoms with Crippen LogP contribution in [-0.4, -0.2) is 35.5 Å². The molecule has 2 nitrogen and oxygen atoms in total. The predicted molar refractivity (Wildman–Crippen MR) is 45.7 cm³/mol. The van der Waals surface area contributed by atoms with Crippen LogP contribution in [0, 0.1) is 37.3 Å². The van der Waals surface area contributed by atoms with E-state index in [-0.39, 0.29) is 44.2 Å². The molecule has 0 radical (unpaired) electrons. The number of alkyl halides is 7. The van der Waals surface area contributed by atoms with Crippen LogP contribution in [0.4, 0.5) is 30.7 Å². The zero-order valence-electron chi connectivity index (χ0n) is 9.54. The first-order valence-electron chi connectivity index (χ1n) is 4.66. The number of Topliss-reactive ketones (excluding diaryl/α,β-unsaturated/α-hetero) is 2. The second-order valence-electron chi connectivity index (χ2n) is 3.62. The summed E-state index contributed by atoms with van der Waals surface area (Å²) in [5, 5.41) is 0. The van der Waals surface area contributed by atoms with Crippen LogP contribution in [0.1, 0.15) is 20.3 Å². The summed E-state index contributed by atoms with van der Waals surface area (Å²) >= 11 is 0. The minimum Gasteiger partial charge on any atom is -0.284 e. The predicted octanol–water partition coefficient (Wildman–Crippen LogP) is 2.80. The molecule has 1 atom stereocenters. The molecule has 0 amide bonds. The van der Waals surface area contributed by atoms with Crippen LogP contribution in [0.25, 0.3) is 0 Å². The third-order valence-electron chi connectivity index (χ3n) is 2.06. The van der Waals surface area contributed by atoms with Gasteiger partial charge in [0, 0.05) is 44.2 Å². The minimum atomic E-state index is -5.82. The molecule has 0 spiro atoms. The van der Waals surface area contributed by atoms with Crippen molar-refractivity contribution in [1.29, 1.82) is 0 Å². The van der Waals surface area contributed by atoms with E-state index >= 15 is 0 Å². The summed E-state index contributed by atoms with van der Waals surface area (Å²) in [6.07, 6.45) is -4.51. The van der Waals surface area contributed by atoms with Crippen LogP contribution >= 0.6 is 0 Å². The van der Waals surface area contributed by atoms with Gasteiger partial charge in [0.05, 0.1) is 0 Å². The van der Waals surface area contributed by atoms with Gasteiger partial charge in [-0.2, -0.15) is 26.3 Å². The first-order chi connectivity index (χ1) is 7.80. The maximum Gasteiger partial charge on any atom is 0.377 e. The maximum atomic E-state index is 12.9. The van der Waals surface area contributed by atoms with E-state index in [1.807, 2.05) is 0 Å². The van der Waals surface area contributed by atoms with Crippen molar-refractivity contribution in [3.8, 4) is 0 Å². The van der Waals surface area contributed by atoms with Crippen molar-refractivity contribution in [3.05, 3.63) is 0 Å². The maximum absolute atomic E-state index is 12.9. The van der Waals surface area contributed by atoms with Crippen molar-refractivity contribution in [2.75, 3.05) is 0 Å². The van der Waals surface area contributed by atoms with Gasteiger partial charge < -0.3 is 0 Å². The summed E-state index contributed by atoms with van der Waals surface area (Å²) in [4.78, 5) is 21.2. The Bertz CT molecular complexity index is 351. The Morgan fingerprint density at radius 2 is 1.37 bits per heavy atom. The van der Waals surface area contributed by atoms with Crippen molar-refractivity contribution in [2.24, 2.45) is 0 Å².